The maximum Gasteiger partial charge on any atom is 0.244 e. The topological polar surface area (TPSA) is 93.1 Å². The van der Waals surface area contributed by atoms with Crippen LogP contribution in [0.15, 0.2) is 71.9 Å². The molecule has 1 N–H and O–H groups in total. The molecular formula is C24H22N4O4. The molecule has 32 heavy (non-hydrogen) atoms. The van der Waals surface area contributed by atoms with Gasteiger partial charge in [0.2, 0.25) is 11.8 Å². The van der Waals surface area contributed by atoms with Gasteiger partial charge in [-0.2, -0.15) is 0 Å². The highest BCUT2D eigenvalue weighted by Crippen LogP contribution is 2.32. The SMILES string of the molecule is COc1ccc(OC)c(NC(=O)CN2C(=O)CC(c3ccccc3)=Nc3cccnc32)c1. The standard InChI is InChI=1S/C24H22N4O4/c1-31-17-10-11-21(32-2)20(13-17)27-22(29)15-28-23(30)14-19(16-7-4-3-5-8-16)26-18-9-6-12-25-24(18)28/h3-13H,14-15H2,1-2H3,(H,27,29). The van der Waals surface area contributed by atoms with Crippen LogP contribution in [-0.2, 0) is 9.59 Å². The number of pyridine rings is 1. The smallest absolute Gasteiger partial charge is 0.244 e. The number of carbonyl (C=O) groups excluding carboxylic acids is 2. The van der Waals surface area contributed by atoms with Crippen molar-refractivity contribution >= 4 is 34.7 Å². The maximum absolute atomic E-state index is 13.2. The fourth-order valence-electron chi connectivity index (χ4n) is 3.43. The first-order chi connectivity index (χ1) is 15.6. The van der Waals surface area contributed by atoms with E-state index in [0.29, 0.717) is 34.4 Å². The number of nitrogens with zero attached hydrogens (tertiary/aromatic N) is 3. The molecule has 0 saturated heterocycles. The number of aliphatic imine (C=N–C) groups is 1. The highest BCUT2D eigenvalue weighted by molar-refractivity contribution is 6.18. The molecule has 0 unspecified atom stereocenters. The Morgan fingerprint density at radius 3 is 2.62 bits per heavy atom. The summed E-state index contributed by atoms with van der Waals surface area (Å²) in [6.45, 7) is -0.221. The number of amides is 2. The Labute approximate surface area is 185 Å². The number of ether oxygens (including phenoxy) is 2. The van der Waals surface area contributed by atoms with Crippen molar-refractivity contribution in [1.29, 1.82) is 0 Å². The number of aromatic nitrogens is 1. The van der Waals surface area contributed by atoms with Crippen LogP contribution in [0.5, 0.6) is 11.5 Å². The van der Waals surface area contributed by atoms with Gasteiger partial charge in [0.05, 0.1) is 32.0 Å². The number of hydrogen-bond donors (Lipinski definition) is 1. The summed E-state index contributed by atoms with van der Waals surface area (Å²) in [7, 11) is 3.05. The number of hydrogen-bond acceptors (Lipinski definition) is 6. The van der Waals surface area contributed by atoms with E-state index in [0.717, 1.165) is 5.56 Å². The molecular weight excluding hydrogens is 408 g/mol. The van der Waals surface area contributed by atoms with Gasteiger partial charge in [-0.1, -0.05) is 30.3 Å². The molecule has 0 bridgehead atoms. The summed E-state index contributed by atoms with van der Waals surface area (Å²) >= 11 is 0. The molecule has 3 aromatic rings. The van der Waals surface area contributed by atoms with Crippen LogP contribution < -0.4 is 19.7 Å². The lowest BCUT2D eigenvalue weighted by atomic mass is 10.1. The molecule has 4 rings (SSSR count). The van der Waals surface area contributed by atoms with E-state index in [4.69, 9.17) is 9.47 Å². The highest BCUT2D eigenvalue weighted by atomic mass is 16.5. The van der Waals surface area contributed by atoms with Crippen molar-refractivity contribution in [3.8, 4) is 11.5 Å². The van der Waals surface area contributed by atoms with Gasteiger partial charge < -0.3 is 14.8 Å². The number of benzene rings is 2. The summed E-state index contributed by atoms with van der Waals surface area (Å²) in [4.78, 5) is 36.4. The monoisotopic (exact) mass is 430 g/mol. The van der Waals surface area contributed by atoms with Crippen LogP contribution in [0.3, 0.4) is 0 Å². The Hall–Kier alpha value is -4.20. The molecule has 1 aliphatic rings. The number of fused-ring (bicyclic) bond motifs is 1. The molecule has 1 aliphatic heterocycles. The van der Waals surface area contributed by atoms with Crippen LogP contribution in [0, 0.1) is 0 Å². The van der Waals surface area contributed by atoms with Gasteiger partial charge in [-0.15, -0.1) is 0 Å². The molecule has 0 radical (unpaired) electrons. The predicted molar refractivity (Wildman–Crippen MR) is 122 cm³/mol. The lowest BCUT2D eigenvalue weighted by Gasteiger charge is -2.21. The second kappa shape index (κ2) is 9.30. The molecule has 8 heteroatoms. The van der Waals surface area contributed by atoms with Crippen LogP contribution in [0.25, 0.3) is 0 Å². The number of methoxy groups -OCH3 is 2. The van der Waals surface area contributed by atoms with Gasteiger partial charge in [-0.3, -0.25) is 14.5 Å². The number of anilines is 2. The molecule has 0 atom stereocenters. The van der Waals surface area contributed by atoms with Gasteiger partial charge >= 0.3 is 0 Å². The molecule has 2 heterocycles. The normalized spacial score (nSPS) is 13.0. The van der Waals surface area contributed by atoms with Crippen LogP contribution in [0.1, 0.15) is 12.0 Å². The molecule has 8 nitrogen and oxygen atoms in total. The van der Waals surface area contributed by atoms with Crippen molar-refractivity contribution in [2.45, 2.75) is 6.42 Å². The quantitative estimate of drug-likeness (QED) is 0.645. The lowest BCUT2D eigenvalue weighted by Crippen LogP contribution is -2.39. The van der Waals surface area contributed by atoms with Crippen molar-refractivity contribution in [1.82, 2.24) is 4.98 Å². The Morgan fingerprint density at radius 2 is 1.88 bits per heavy atom. The summed E-state index contributed by atoms with van der Waals surface area (Å²) in [6.07, 6.45) is 1.63. The van der Waals surface area contributed by atoms with E-state index in [1.54, 1.807) is 36.5 Å². The summed E-state index contributed by atoms with van der Waals surface area (Å²) in [5, 5.41) is 2.80. The van der Waals surface area contributed by atoms with Gasteiger partial charge in [0.15, 0.2) is 5.82 Å². The third-order valence-electron chi connectivity index (χ3n) is 4.99. The van der Waals surface area contributed by atoms with Gasteiger partial charge in [0, 0.05) is 12.3 Å². The van der Waals surface area contributed by atoms with E-state index < -0.39 is 5.91 Å². The zero-order valence-corrected chi connectivity index (χ0v) is 17.7. The van der Waals surface area contributed by atoms with E-state index in [1.807, 2.05) is 30.3 Å². The molecule has 2 amide bonds. The third kappa shape index (κ3) is 4.44. The highest BCUT2D eigenvalue weighted by Gasteiger charge is 2.28. The largest absolute Gasteiger partial charge is 0.497 e. The van der Waals surface area contributed by atoms with Gasteiger partial charge in [-0.05, 0) is 29.8 Å². The van der Waals surface area contributed by atoms with E-state index in [9.17, 15) is 9.59 Å². The minimum atomic E-state index is -0.398. The van der Waals surface area contributed by atoms with E-state index in [2.05, 4.69) is 15.3 Å². The fourth-order valence-corrected chi connectivity index (χ4v) is 3.43. The van der Waals surface area contributed by atoms with Crippen LogP contribution in [0.4, 0.5) is 17.2 Å². The first kappa shape index (κ1) is 21.0. The first-order valence-corrected chi connectivity index (χ1v) is 9.99. The molecule has 162 valence electrons. The number of nitrogens with one attached hydrogen (secondary N) is 1. The maximum atomic E-state index is 13.2. The summed E-state index contributed by atoms with van der Waals surface area (Å²) < 4.78 is 10.5. The Morgan fingerprint density at radius 1 is 1.06 bits per heavy atom. The van der Waals surface area contributed by atoms with E-state index in [-0.39, 0.29) is 18.9 Å². The zero-order chi connectivity index (χ0) is 22.5. The molecule has 0 saturated carbocycles. The van der Waals surface area contributed by atoms with E-state index >= 15 is 0 Å². The first-order valence-electron chi connectivity index (χ1n) is 9.99. The third-order valence-corrected chi connectivity index (χ3v) is 4.99. The van der Waals surface area contributed by atoms with Crippen molar-refractivity contribution in [3.63, 3.8) is 0 Å². The van der Waals surface area contributed by atoms with Gasteiger partial charge in [0.1, 0.15) is 23.7 Å². The Balaban J connectivity index is 1.60. The molecule has 0 fully saturated rings. The van der Waals surface area contributed by atoms with E-state index in [1.165, 1.54) is 19.1 Å². The van der Waals surface area contributed by atoms with Crippen LogP contribution in [-0.4, -0.2) is 43.3 Å². The fraction of sp³-hybridized carbons (Fsp3) is 0.167. The predicted octanol–water partition coefficient (Wildman–Crippen LogP) is 3.60. The zero-order valence-electron chi connectivity index (χ0n) is 17.7. The second-order valence-corrected chi connectivity index (χ2v) is 7.04. The Kier molecular flexibility index (Phi) is 6.12. The minimum Gasteiger partial charge on any atom is -0.497 e. The van der Waals surface area contributed by atoms with Gasteiger partial charge in [0.25, 0.3) is 0 Å². The van der Waals surface area contributed by atoms with Crippen molar-refractivity contribution in [3.05, 3.63) is 72.4 Å². The summed E-state index contributed by atoms with van der Waals surface area (Å²) in [5.41, 5.74) is 2.45. The molecule has 0 aliphatic carbocycles. The van der Waals surface area contributed by atoms with Crippen molar-refractivity contribution < 1.29 is 19.1 Å². The van der Waals surface area contributed by atoms with Crippen LogP contribution >= 0.6 is 0 Å². The van der Waals surface area contributed by atoms with Gasteiger partial charge in [-0.25, -0.2) is 9.98 Å². The van der Waals surface area contributed by atoms with Crippen LogP contribution in [0.2, 0.25) is 0 Å². The average molecular weight is 430 g/mol. The van der Waals surface area contributed by atoms with Crippen molar-refractivity contribution in [2.75, 3.05) is 31.0 Å². The number of carbonyl (C=O) groups is 2. The molecule has 0 spiro atoms. The second-order valence-electron chi connectivity index (χ2n) is 7.04. The summed E-state index contributed by atoms with van der Waals surface area (Å²) in [5.74, 6) is 0.730. The minimum absolute atomic E-state index is 0.0517. The molecule has 1 aromatic heterocycles. The Bertz CT molecular complexity index is 1180. The number of rotatable bonds is 6. The van der Waals surface area contributed by atoms with Crippen molar-refractivity contribution in [2.24, 2.45) is 4.99 Å². The summed E-state index contributed by atoms with van der Waals surface area (Å²) in [6, 6.07) is 18.1. The molecule has 2 aromatic carbocycles. The lowest BCUT2D eigenvalue weighted by molar-refractivity contribution is -0.120. The average Bonchev–Trinajstić information content (AvgIpc) is 2.96.